The van der Waals surface area contributed by atoms with Gasteiger partial charge in [-0.25, -0.2) is 0 Å². The fraction of sp³-hybridized carbons (Fsp3) is 0.385. The van der Waals surface area contributed by atoms with Gasteiger partial charge in [-0.3, -0.25) is 9.59 Å². The highest BCUT2D eigenvalue weighted by molar-refractivity contribution is 6.01. The van der Waals surface area contributed by atoms with Crippen molar-refractivity contribution in [2.24, 2.45) is 0 Å². The van der Waals surface area contributed by atoms with E-state index in [1.165, 1.54) is 0 Å². The molecule has 0 aliphatic rings. The Bertz CT molecular complexity index is 440. The van der Waals surface area contributed by atoms with Crippen LogP contribution in [0.3, 0.4) is 0 Å². The van der Waals surface area contributed by atoms with Crippen LogP contribution in [0.5, 0.6) is 0 Å². The Morgan fingerprint density at radius 2 is 2.05 bits per heavy atom. The summed E-state index contributed by atoms with van der Waals surface area (Å²) in [6.45, 7) is 2.56. The molecular formula is C13H19N3O3. The smallest absolute Gasteiger partial charge is 0.254 e. The highest BCUT2D eigenvalue weighted by Gasteiger charge is 2.13. The van der Waals surface area contributed by atoms with Crippen LogP contribution in [-0.2, 0) is 9.53 Å². The van der Waals surface area contributed by atoms with Gasteiger partial charge in [-0.1, -0.05) is 12.1 Å². The predicted octanol–water partition coefficient (Wildman–Crippen LogP) is 0.0696. The number of nitrogens with one attached hydrogen (secondary N) is 2. The van der Waals surface area contributed by atoms with Gasteiger partial charge in [-0.15, -0.1) is 0 Å². The van der Waals surface area contributed by atoms with Gasteiger partial charge >= 0.3 is 0 Å². The summed E-state index contributed by atoms with van der Waals surface area (Å²) in [4.78, 5) is 23.3. The van der Waals surface area contributed by atoms with Crippen molar-refractivity contribution >= 4 is 17.5 Å². The standard InChI is InChI=1S/C13H19N3O3/c1-9-4-3-5-10(14)12(9)13(18)16-8-11(17)15-6-7-19-2/h3-5H,6-8,14H2,1-2H3,(H,15,17)(H,16,18). The lowest BCUT2D eigenvalue weighted by molar-refractivity contribution is -0.120. The molecule has 1 aromatic rings. The van der Waals surface area contributed by atoms with E-state index in [4.69, 9.17) is 10.5 Å². The maximum absolute atomic E-state index is 11.9. The summed E-state index contributed by atoms with van der Waals surface area (Å²) >= 11 is 0. The zero-order valence-electron chi connectivity index (χ0n) is 11.2. The van der Waals surface area contributed by atoms with Crippen molar-refractivity contribution in [2.75, 3.05) is 32.5 Å². The first-order chi connectivity index (χ1) is 9.06. The zero-order valence-corrected chi connectivity index (χ0v) is 11.2. The molecule has 6 nitrogen and oxygen atoms in total. The number of amides is 2. The number of ether oxygens (including phenoxy) is 1. The Morgan fingerprint density at radius 1 is 1.32 bits per heavy atom. The van der Waals surface area contributed by atoms with E-state index >= 15 is 0 Å². The Balaban J connectivity index is 2.49. The highest BCUT2D eigenvalue weighted by Crippen LogP contribution is 2.15. The Hall–Kier alpha value is -2.08. The molecule has 1 aromatic carbocycles. The van der Waals surface area contributed by atoms with E-state index < -0.39 is 0 Å². The Morgan fingerprint density at radius 3 is 2.68 bits per heavy atom. The third-order valence-electron chi connectivity index (χ3n) is 2.57. The van der Waals surface area contributed by atoms with Crippen LogP contribution in [0, 0.1) is 6.92 Å². The van der Waals surface area contributed by atoms with Gasteiger partial charge in [-0.05, 0) is 18.6 Å². The third-order valence-corrected chi connectivity index (χ3v) is 2.57. The van der Waals surface area contributed by atoms with Crippen LogP contribution in [0.4, 0.5) is 5.69 Å². The molecule has 0 aromatic heterocycles. The molecule has 19 heavy (non-hydrogen) atoms. The van der Waals surface area contributed by atoms with Gasteiger partial charge in [0.15, 0.2) is 0 Å². The van der Waals surface area contributed by atoms with Gasteiger partial charge in [0.05, 0.1) is 18.7 Å². The second kappa shape index (κ2) is 7.38. The quantitative estimate of drug-likeness (QED) is 0.501. The molecule has 0 heterocycles. The lowest BCUT2D eigenvalue weighted by Crippen LogP contribution is -2.38. The first-order valence-corrected chi connectivity index (χ1v) is 5.95. The predicted molar refractivity (Wildman–Crippen MR) is 72.8 cm³/mol. The molecule has 104 valence electrons. The molecule has 0 radical (unpaired) electrons. The SMILES string of the molecule is COCCNC(=O)CNC(=O)c1c(C)cccc1N. The van der Waals surface area contributed by atoms with Crippen molar-refractivity contribution in [2.45, 2.75) is 6.92 Å². The second-order valence-corrected chi connectivity index (χ2v) is 4.06. The molecule has 0 aliphatic carbocycles. The molecule has 0 atom stereocenters. The van der Waals surface area contributed by atoms with Crippen LogP contribution in [0.25, 0.3) is 0 Å². The van der Waals surface area contributed by atoms with E-state index in [-0.39, 0.29) is 18.4 Å². The molecule has 6 heteroatoms. The van der Waals surface area contributed by atoms with Gasteiger partial charge < -0.3 is 21.1 Å². The molecule has 0 bridgehead atoms. The maximum Gasteiger partial charge on any atom is 0.254 e. The fourth-order valence-electron chi connectivity index (χ4n) is 1.60. The number of carbonyl (C=O) groups is 2. The minimum Gasteiger partial charge on any atom is -0.398 e. The lowest BCUT2D eigenvalue weighted by Gasteiger charge is -2.10. The monoisotopic (exact) mass is 265 g/mol. The Kier molecular flexibility index (Phi) is 5.81. The number of aryl methyl sites for hydroxylation is 1. The van der Waals surface area contributed by atoms with E-state index in [1.54, 1.807) is 32.2 Å². The summed E-state index contributed by atoms with van der Waals surface area (Å²) in [5.41, 5.74) is 7.33. The molecule has 0 aliphatic heterocycles. The van der Waals surface area contributed by atoms with E-state index in [1.807, 2.05) is 0 Å². The number of nitrogens with two attached hydrogens (primary N) is 1. The summed E-state index contributed by atoms with van der Waals surface area (Å²) < 4.78 is 4.80. The molecule has 0 unspecified atom stereocenters. The topological polar surface area (TPSA) is 93.5 Å². The molecule has 2 amide bonds. The Labute approximate surface area is 112 Å². The number of benzene rings is 1. The van der Waals surface area contributed by atoms with Crippen molar-refractivity contribution in [1.82, 2.24) is 10.6 Å². The summed E-state index contributed by atoms with van der Waals surface area (Å²) in [6.07, 6.45) is 0. The van der Waals surface area contributed by atoms with Gasteiger partial charge in [-0.2, -0.15) is 0 Å². The fourth-order valence-corrected chi connectivity index (χ4v) is 1.60. The summed E-state index contributed by atoms with van der Waals surface area (Å²) in [6, 6.07) is 5.23. The second-order valence-electron chi connectivity index (χ2n) is 4.06. The first kappa shape index (κ1) is 15.0. The van der Waals surface area contributed by atoms with Gasteiger partial charge in [0, 0.05) is 19.3 Å². The van der Waals surface area contributed by atoms with Crippen LogP contribution < -0.4 is 16.4 Å². The molecule has 0 saturated carbocycles. The number of rotatable bonds is 6. The van der Waals surface area contributed by atoms with Gasteiger partial charge in [0.1, 0.15) is 0 Å². The van der Waals surface area contributed by atoms with Gasteiger partial charge in [0.2, 0.25) is 5.91 Å². The summed E-state index contributed by atoms with van der Waals surface area (Å²) in [7, 11) is 1.55. The maximum atomic E-state index is 11.9. The average Bonchev–Trinajstić information content (AvgIpc) is 2.36. The van der Waals surface area contributed by atoms with Crippen molar-refractivity contribution in [3.05, 3.63) is 29.3 Å². The molecular weight excluding hydrogens is 246 g/mol. The molecule has 4 N–H and O–H groups in total. The lowest BCUT2D eigenvalue weighted by atomic mass is 10.1. The van der Waals surface area contributed by atoms with E-state index in [0.29, 0.717) is 24.4 Å². The minimum absolute atomic E-state index is 0.0870. The number of carbonyl (C=O) groups excluding carboxylic acids is 2. The van der Waals surface area contributed by atoms with E-state index in [0.717, 1.165) is 5.56 Å². The molecule has 0 fully saturated rings. The average molecular weight is 265 g/mol. The highest BCUT2D eigenvalue weighted by atomic mass is 16.5. The third kappa shape index (κ3) is 4.59. The van der Waals surface area contributed by atoms with Gasteiger partial charge in [0.25, 0.3) is 5.91 Å². The van der Waals surface area contributed by atoms with E-state index in [9.17, 15) is 9.59 Å². The molecule has 1 rings (SSSR count). The van der Waals surface area contributed by atoms with Crippen LogP contribution in [-0.4, -0.2) is 38.6 Å². The van der Waals surface area contributed by atoms with Crippen LogP contribution >= 0.6 is 0 Å². The van der Waals surface area contributed by atoms with Crippen LogP contribution in [0.1, 0.15) is 15.9 Å². The number of hydrogen-bond acceptors (Lipinski definition) is 4. The normalized spacial score (nSPS) is 10.0. The van der Waals surface area contributed by atoms with Crippen LogP contribution in [0.2, 0.25) is 0 Å². The van der Waals surface area contributed by atoms with Crippen molar-refractivity contribution in [3.63, 3.8) is 0 Å². The van der Waals surface area contributed by atoms with Crippen molar-refractivity contribution in [3.8, 4) is 0 Å². The summed E-state index contributed by atoms with van der Waals surface area (Å²) in [5.74, 6) is -0.616. The van der Waals surface area contributed by atoms with Crippen LogP contribution in [0.15, 0.2) is 18.2 Å². The zero-order chi connectivity index (χ0) is 14.3. The minimum atomic E-state index is -0.350. The van der Waals surface area contributed by atoms with Crippen molar-refractivity contribution in [1.29, 1.82) is 0 Å². The first-order valence-electron chi connectivity index (χ1n) is 5.95. The number of nitrogen functional groups attached to an aromatic ring is 1. The largest absolute Gasteiger partial charge is 0.398 e. The summed E-state index contributed by atoms with van der Waals surface area (Å²) in [5, 5.41) is 5.15. The molecule has 0 saturated heterocycles. The number of methoxy groups -OCH3 is 1. The van der Waals surface area contributed by atoms with E-state index in [2.05, 4.69) is 10.6 Å². The van der Waals surface area contributed by atoms with Crippen molar-refractivity contribution < 1.29 is 14.3 Å². The number of hydrogen-bond donors (Lipinski definition) is 3. The molecule has 0 spiro atoms. The number of anilines is 1.